The first kappa shape index (κ1) is 15.5. The van der Waals surface area contributed by atoms with Gasteiger partial charge in [-0.2, -0.15) is 0 Å². The van der Waals surface area contributed by atoms with Gasteiger partial charge < -0.3 is 21.1 Å². The van der Waals surface area contributed by atoms with Gasteiger partial charge >= 0.3 is 0 Å². The highest BCUT2D eigenvalue weighted by Gasteiger charge is 2.29. The first-order valence-electron chi connectivity index (χ1n) is 7.32. The third-order valence-electron chi connectivity index (χ3n) is 3.59. The molecule has 3 amide bonds. The molecule has 0 aliphatic carbocycles. The number of nitrogens with one attached hydrogen (secondary N) is 3. The Kier molecular flexibility index (Phi) is 4.15. The average molecular weight is 325 g/mol. The largest absolute Gasteiger partial charge is 0.508 e. The monoisotopic (exact) mass is 325 g/mol. The minimum atomic E-state index is -0.970. The highest BCUT2D eigenvalue weighted by molar-refractivity contribution is 6.11. The van der Waals surface area contributed by atoms with Crippen molar-refractivity contribution in [3.8, 4) is 5.75 Å². The van der Waals surface area contributed by atoms with Crippen LogP contribution in [0.3, 0.4) is 0 Å². The van der Waals surface area contributed by atoms with E-state index in [0.717, 1.165) is 0 Å². The van der Waals surface area contributed by atoms with Crippen molar-refractivity contribution in [1.82, 2.24) is 5.32 Å². The average Bonchev–Trinajstić information content (AvgIpc) is 2.67. The third-order valence-corrected chi connectivity index (χ3v) is 3.59. The van der Waals surface area contributed by atoms with E-state index in [4.69, 9.17) is 0 Å². The zero-order valence-corrected chi connectivity index (χ0v) is 12.6. The summed E-state index contributed by atoms with van der Waals surface area (Å²) < 4.78 is 0. The van der Waals surface area contributed by atoms with Crippen LogP contribution in [-0.2, 0) is 9.59 Å². The van der Waals surface area contributed by atoms with Crippen LogP contribution in [0.15, 0.2) is 48.5 Å². The number of carbonyl (C=O) groups excluding carboxylic acids is 3. The number of hydrogen-bond acceptors (Lipinski definition) is 4. The Hall–Kier alpha value is -3.35. The molecule has 2 aromatic rings. The molecule has 1 atom stereocenters. The van der Waals surface area contributed by atoms with Crippen LogP contribution in [-0.4, -0.2) is 28.9 Å². The van der Waals surface area contributed by atoms with E-state index >= 15 is 0 Å². The lowest BCUT2D eigenvalue weighted by atomic mass is 10.1. The first-order chi connectivity index (χ1) is 11.5. The molecule has 122 valence electrons. The van der Waals surface area contributed by atoms with Crippen molar-refractivity contribution >= 4 is 29.1 Å². The van der Waals surface area contributed by atoms with E-state index in [-0.39, 0.29) is 12.2 Å². The van der Waals surface area contributed by atoms with E-state index in [2.05, 4.69) is 16.0 Å². The van der Waals surface area contributed by atoms with Crippen molar-refractivity contribution in [2.75, 3.05) is 10.6 Å². The van der Waals surface area contributed by atoms with Gasteiger partial charge in [0, 0.05) is 5.69 Å². The Bertz CT molecular complexity index is 802. The van der Waals surface area contributed by atoms with Crippen molar-refractivity contribution in [2.24, 2.45) is 0 Å². The van der Waals surface area contributed by atoms with Crippen LogP contribution in [0, 0.1) is 0 Å². The fourth-order valence-corrected chi connectivity index (χ4v) is 2.40. The van der Waals surface area contributed by atoms with E-state index < -0.39 is 23.8 Å². The SMILES string of the molecule is O=C(C[C@@H]1NC(=O)c2ccccc2NC1=O)Nc1ccc(O)cc1. The second kappa shape index (κ2) is 6.41. The number of anilines is 2. The van der Waals surface area contributed by atoms with Crippen molar-refractivity contribution in [3.63, 3.8) is 0 Å². The van der Waals surface area contributed by atoms with E-state index in [1.165, 1.54) is 24.3 Å². The predicted molar refractivity (Wildman–Crippen MR) is 87.7 cm³/mol. The molecule has 0 fully saturated rings. The quantitative estimate of drug-likeness (QED) is 0.641. The maximum atomic E-state index is 12.2. The molecule has 7 nitrogen and oxygen atoms in total. The number of hydrogen-bond donors (Lipinski definition) is 4. The molecule has 24 heavy (non-hydrogen) atoms. The lowest BCUT2D eigenvalue weighted by molar-refractivity contribution is -0.122. The number of benzene rings is 2. The van der Waals surface area contributed by atoms with Crippen LogP contribution in [0.1, 0.15) is 16.8 Å². The molecular weight excluding hydrogens is 310 g/mol. The molecule has 0 saturated heterocycles. The summed E-state index contributed by atoms with van der Waals surface area (Å²) in [5.74, 6) is -1.20. The predicted octanol–water partition coefficient (Wildman–Crippen LogP) is 1.47. The van der Waals surface area contributed by atoms with Gasteiger partial charge in [0.1, 0.15) is 11.8 Å². The zero-order valence-electron chi connectivity index (χ0n) is 12.6. The molecule has 1 aliphatic heterocycles. The Labute approximate surface area is 137 Å². The number of phenolic OH excluding ortho intramolecular Hbond substituents is 1. The molecule has 1 heterocycles. The van der Waals surface area contributed by atoms with E-state index in [1.54, 1.807) is 24.3 Å². The number of fused-ring (bicyclic) bond motifs is 1. The summed E-state index contributed by atoms with van der Waals surface area (Å²) in [4.78, 5) is 36.5. The number of rotatable bonds is 3. The fraction of sp³-hybridized carbons (Fsp3) is 0.118. The molecular formula is C17H15N3O4. The smallest absolute Gasteiger partial charge is 0.254 e. The van der Waals surface area contributed by atoms with Crippen LogP contribution >= 0.6 is 0 Å². The number of phenols is 1. The van der Waals surface area contributed by atoms with Crippen LogP contribution in [0.25, 0.3) is 0 Å². The van der Waals surface area contributed by atoms with E-state index in [9.17, 15) is 19.5 Å². The number of para-hydroxylation sites is 1. The fourth-order valence-electron chi connectivity index (χ4n) is 2.40. The molecule has 0 radical (unpaired) electrons. The summed E-state index contributed by atoms with van der Waals surface area (Å²) in [6, 6.07) is 11.6. The highest BCUT2D eigenvalue weighted by atomic mass is 16.3. The lowest BCUT2D eigenvalue weighted by Gasteiger charge is -2.14. The van der Waals surface area contributed by atoms with Gasteiger partial charge in [-0.15, -0.1) is 0 Å². The summed E-state index contributed by atoms with van der Waals surface area (Å²) in [6.45, 7) is 0. The van der Waals surface area contributed by atoms with Gasteiger partial charge in [0.05, 0.1) is 17.7 Å². The summed E-state index contributed by atoms with van der Waals surface area (Å²) in [6.07, 6.45) is -0.202. The van der Waals surface area contributed by atoms with Crippen LogP contribution in [0.4, 0.5) is 11.4 Å². The molecule has 0 saturated carbocycles. The maximum Gasteiger partial charge on any atom is 0.254 e. The van der Waals surface area contributed by atoms with Gasteiger partial charge in [-0.1, -0.05) is 12.1 Å². The Morgan fingerprint density at radius 2 is 1.79 bits per heavy atom. The molecule has 7 heteroatoms. The first-order valence-corrected chi connectivity index (χ1v) is 7.32. The van der Waals surface area contributed by atoms with Crippen molar-refractivity contribution < 1.29 is 19.5 Å². The molecule has 3 rings (SSSR count). The molecule has 2 aromatic carbocycles. The summed E-state index contributed by atoms with van der Waals surface area (Å²) in [5.41, 5.74) is 1.26. The minimum Gasteiger partial charge on any atom is -0.508 e. The van der Waals surface area contributed by atoms with Crippen LogP contribution in [0.5, 0.6) is 5.75 Å². The molecule has 0 spiro atoms. The van der Waals surface area contributed by atoms with Gasteiger partial charge in [-0.3, -0.25) is 14.4 Å². The van der Waals surface area contributed by atoms with Crippen molar-refractivity contribution in [1.29, 1.82) is 0 Å². The lowest BCUT2D eigenvalue weighted by Crippen LogP contribution is -2.43. The summed E-state index contributed by atoms with van der Waals surface area (Å²) >= 11 is 0. The van der Waals surface area contributed by atoms with Gasteiger partial charge in [-0.05, 0) is 36.4 Å². The summed E-state index contributed by atoms with van der Waals surface area (Å²) in [5, 5.41) is 17.0. The topological polar surface area (TPSA) is 108 Å². The second-order valence-corrected chi connectivity index (χ2v) is 5.36. The number of carbonyl (C=O) groups is 3. The zero-order chi connectivity index (χ0) is 17.1. The minimum absolute atomic E-state index is 0.0844. The second-order valence-electron chi connectivity index (χ2n) is 5.36. The molecule has 0 unspecified atom stereocenters. The standard InChI is InChI=1S/C17H15N3O4/c21-11-7-5-10(6-8-11)18-15(22)9-14-17(24)19-13-4-2-1-3-12(13)16(23)20-14/h1-8,14,21H,9H2,(H,18,22)(H,19,24)(H,20,23)/t14-/m0/s1. The van der Waals surface area contributed by atoms with E-state index in [1.807, 2.05) is 0 Å². The number of amides is 3. The van der Waals surface area contributed by atoms with Gasteiger partial charge in [-0.25, -0.2) is 0 Å². The highest BCUT2D eigenvalue weighted by Crippen LogP contribution is 2.19. The van der Waals surface area contributed by atoms with Crippen molar-refractivity contribution in [2.45, 2.75) is 12.5 Å². The summed E-state index contributed by atoms with van der Waals surface area (Å²) in [7, 11) is 0. The van der Waals surface area contributed by atoms with Crippen molar-refractivity contribution in [3.05, 3.63) is 54.1 Å². The maximum absolute atomic E-state index is 12.2. The van der Waals surface area contributed by atoms with Gasteiger partial charge in [0.2, 0.25) is 11.8 Å². The molecule has 1 aliphatic rings. The Morgan fingerprint density at radius 3 is 2.54 bits per heavy atom. The Balaban J connectivity index is 1.69. The van der Waals surface area contributed by atoms with Gasteiger partial charge in [0.25, 0.3) is 5.91 Å². The van der Waals surface area contributed by atoms with Gasteiger partial charge in [0.15, 0.2) is 0 Å². The molecule has 0 aromatic heterocycles. The van der Waals surface area contributed by atoms with E-state index in [0.29, 0.717) is 16.9 Å². The normalized spacial score (nSPS) is 16.4. The molecule has 0 bridgehead atoms. The molecule has 4 N–H and O–H groups in total. The third kappa shape index (κ3) is 3.35. The number of aromatic hydroxyl groups is 1. The Morgan fingerprint density at radius 1 is 1.08 bits per heavy atom. The van der Waals surface area contributed by atoms with Crippen LogP contribution < -0.4 is 16.0 Å². The van der Waals surface area contributed by atoms with Crippen LogP contribution in [0.2, 0.25) is 0 Å².